The average molecular weight is 373 g/mol. The lowest BCUT2D eigenvalue weighted by Gasteiger charge is -2.09. The van der Waals surface area contributed by atoms with Gasteiger partial charge in [0.15, 0.2) is 0 Å². The lowest BCUT2D eigenvalue weighted by molar-refractivity contribution is -0.116. The first-order valence-electron chi connectivity index (χ1n) is 7.09. The van der Waals surface area contributed by atoms with Crippen molar-refractivity contribution in [2.24, 2.45) is 0 Å². The topological polar surface area (TPSA) is 38.3 Å². The molecule has 1 amide bonds. The highest BCUT2D eigenvalue weighted by molar-refractivity contribution is 6.35. The van der Waals surface area contributed by atoms with Crippen molar-refractivity contribution in [1.82, 2.24) is 0 Å². The van der Waals surface area contributed by atoms with Crippen LogP contribution in [0.4, 0.5) is 5.69 Å². The average Bonchev–Trinajstić information content (AvgIpc) is 2.51. The number of rotatable bonds is 6. The molecule has 3 nitrogen and oxygen atoms in total. The normalized spacial score (nSPS) is 10.4. The molecule has 0 aliphatic rings. The molecule has 1 N–H and O–H groups in total. The molecular weight excluding hydrogens is 357 g/mol. The summed E-state index contributed by atoms with van der Waals surface area (Å²) in [5.41, 5.74) is 1.47. The van der Waals surface area contributed by atoms with Crippen molar-refractivity contribution in [3.8, 4) is 5.75 Å². The van der Waals surface area contributed by atoms with Crippen molar-refractivity contribution in [2.45, 2.75) is 19.8 Å². The summed E-state index contributed by atoms with van der Waals surface area (Å²) in [6.45, 7) is 2.36. The number of anilines is 1. The minimum absolute atomic E-state index is 0.134. The van der Waals surface area contributed by atoms with Crippen LogP contribution in [-0.4, -0.2) is 12.5 Å². The van der Waals surface area contributed by atoms with Crippen molar-refractivity contribution in [3.05, 3.63) is 57.0 Å². The van der Waals surface area contributed by atoms with Gasteiger partial charge in [-0.3, -0.25) is 4.79 Å². The second-order valence-electron chi connectivity index (χ2n) is 5.04. The predicted octanol–water partition coefficient (Wildman–Crippen LogP) is 5.75. The number of carbonyl (C=O) groups excluding carboxylic acids is 1. The van der Waals surface area contributed by atoms with Gasteiger partial charge in [0.2, 0.25) is 5.91 Å². The van der Waals surface area contributed by atoms with E-state index in [0.717, 1.165) is 11.3 Å². The Morgan fingerprint density at radius 2 is 1.83 bits per heavy atom. The van der Waals surface area contributed by atoms with Crippen LogP contribution in [0.2, 0.25) is 15.1 Å². The zero-order valence-corrected chi connectivity index (χ0v) is 14.8. The van der Waals surface area contributed by atoms with Crippen molar-refractivity contribution in [1.29, 1.82) is 0 Å². The van der Waals surface area contributed by atoms with Gasteiger partial charge in [-0.05, 0) is 55.3 Å². The van der Waals surface area contributed by atoms with Gasteiger partial charge in [0.05, 0.1) is 17.3 Å². The third kappa shape index (κ3) is 5.61. The van der Waals surface area contributed by atoms with Gasteiger partial charge in [0, 0.05) is 16.5 Å². The van der Waals surface area contributed by atoms with Crippen LogP contribution in [0.15, 0.2) is 36.4 Å². The summed E-state index contributed by atoms with van der Waals surface area (Å²) in [4.78, 5) is 11.9. The zero-order valence-electron chi connectivity index (χ0n) is 12.5. The van der Waals surface area contributed by atoms with Crippen molar-refractivity contribution >= 4 is 46.4 Å². The number of aryl methyl sites for hydroxylation is 1. The first kappa shape index (κ1) is 17.9. The zero-order chi connectivity index (χ0) is 16.8. The van der Waals surface area contributed by atoms with Crippen LogP contribution in [0.25, 0.3) is 0 Å². The van der Waals surface area contributed by atoms with Crippen LogP contribution in [0.1, 0.15) is 18.4 Å². The maximum atomic E-state index is 11.9. The van der Waals surface area contributed by atoms with Gasteiger partial charge in [-0.15, -0.1) is 0 Å². The Morgan fingerprint density at radius 3 is 2.57 bits per heavy atom. The maximum absolute atomic E-state index is 11.9. The van der Waals surface area contributed by atoms with E-state index in [1.807, 2.05) is 13.0 Å². The maximum Gasteiger partial charge on any atom is 0.224 e. The van der Waals surface area contributed by atoms with E-state index in [-0.39, 0.29) is 5.91 Å². The van der Waals surface area contributed by atoms with E-state index in [0.29, 0.717) is 40.2 Å². The molecule has 6 heteroatoms. The van der Waals surface area contributed by atoms with E-state index >= 15 is 0 Å². The van der Waals surface area contributed by atoms with Crippen LogP contribution in [0.3, 0.4) is 0 Å². The Labute approximate surface area is 150 Å². The third-order valence-corrected chi connectivity index (χ3v) is 4.14. The quantitative estimate of drug-likeness (QED) is 0.655. The van der Waals surface area contributed by atoms with E-state index in [2.05, 4.69) is 5.32 Å². The molecule has 0 fully saturated rings. The number of halogens is 3. The highest BCUT2D eigenvalue weighted by Crippen LogP contribution is 2.25. The molecule has 0 saturated carbocycles. The highest BCUT2D eigenvalue weighted by Gasteiger charge is 2.07. The predicted molar refractivity (Wildman–Crippen MR) is 96.0 cm³/mol. The molecule has 0 heterocycles. The molecule has 2 aromatic rings. The summed E-state index contributed by atoms with van der Waals surface area (Å²) in [6.07, 6.45) is 0.918. The van der Waals surface area contributed by atoms with Crippen LogP contribution in [0, 0.1) is 6.92 Å². The summed E-state index contributed by atoms with van der Waals surface area (Å²) in [5.74, 6) is 0.607. The standard InChI is InChI=1S/C17H16Cl3NO2/c1-11-9-13(5-7-14(11)19)23-8-2-3-17(22)21-16-10-12(18)4-6-15(16)20/h4-7,9-10H,2-3,8H2,1H3,(H,21,22). The van der Waals surface area contributed by atoms with Crippen LogP contribution in [-0.2, 0) is 4.79 Å². The molecular formula is C17H16Cl3NO2. The molecule has 2 rings (SSSR count). The molecule has 2 aromatic carbocycles. The number of amides is 1. The molecule has 0 radical (unpaired) electrons. The second kappa shape index (κ2) is 8.44. The molecule has 0 aliphatic carbocycles. The van der Waals surface area contributed by atoms with Gasteiger partial charge in [-0.1, -0.05) is 34.8 Å². The van der Waals surface area contributed by atoms with E-state index < -0.39 is 0 Å². The molecule has 0 bridgehead atoms. The molecule has 0 saturated heterocycles. The van der Waals surface area contributed by atoms with E-state index in [9.17, 15) is 4.79 Å². The fraction of sp³-hybridized carbons (Fsp3) is 0.235. The van der Waals surface area contributed by atoms with Gasteiger partial charge in [-0.25, -0.2) is 0 Å². The Balaban J connectivity index is 1.76. The number of carbonyl (C=O) groups is 1. The Kier molecular flexibility index (Phi) is 6.58. The lowest BCUT2D eigenvalue weighted by atomic mass is 10.2. The molecule has 23 heavy (non-hydrogen) atoms. The minimum Gasteiger partial charge on any atom is -0.494 e. The lowest BCUT2D eigenvalue weighted by Crippen LogP contribution is -2.13. The summed E-state index contributed by atoms with van der Waals surface area (Å²) in [5, 5.41) is 4.42. The Morgan fingerprint density at radius 1 is 1.09 bits per heavy atom. The SMILES string of the molecule is Cc1cc(OCCCC(=O)Nc2cc(Cl)ccc2Cl)ccc1Cl. The fourth-order valence-electron chi connectivity index (χ4n) is 1.94. The smallest absolute Gasteiger partial charge is 0.224 e. The van der Waals surface area contributed by atoms with Gasteiger partial charge in [-0.2, -0.15) is 0 Å². The van der Waals surface area contributed by atoms with Gasteiger partial charge in [0.25, 0.3) is 0 Å². The molecule has 0 spiro atoms. The summed E-state index contributed by atoms with van der Waals surface area (Å²) >= 11 is 17.8. The molecule has 0 unspecified atom stereocenters. The van der Waals surface area contributed by atoms with E-state index in [1.54, 1.807) is 30.3 Å². The molecule has 0 aromatic heterocycles. The van der Waals surface area contributed by atoms with Gasteiger partial charge in [0.1, 0.15) is 5.75 Å². The third-order valence-electron chi connectivity index (χ3n) is 3.15. The Hall–Kier alpha value is -1.42. The van der Waals surface area contributed by atoms with Crippen LogP contribution < -0.4 is 10.1 Å². The number of hydrogen-bond donors (Lipinski definition) is 1. The van der Waals surface area contributed by atoms with Crippen LogP contribution in [0.5, 0.6) is 5.75 Å². The van der Waals surface area contributed by atoms with Crippen molar-refractivity contribution in [2.75, 3.05) is 11.9 Å². The number of hydrogen-bond acceptors (Lipinski definition) is 2. The molecule has 0 aliphatic heterocycles. The van der Waals surface area contributed by atoms with E-state index in [1.165, 1.54) is 0 Å². The van der Waals surface area contributed by atoms with Crippen molar-refractivity contribution < 1.29 is 9.53 Å². The van der Waals surface area contributed by atoms with Gasteiger partial charge < -0.3 is 10.1 Å². The first-order chi connectivity index (χ1) is 11.0. The molecule has 0 atom stereocenters. The first-order valence-corrected chi connectivity index (χ1v) is 8.23. The van der Waals surface area contributed by atoms with Crippen LogP contribution >= 0.6 is 34.8 Å². The Bertz CT molecular complexity index is 704. The molecule has 122 valence electrons. The summed E-state index contributed by atoms with van der Waals surface area (Å²) in [7, 11) is 0. The number of ether oxygens (including phenoxy) is 1. The van der Waals surface area contributed by atoms with Gasteiger partial charge >= 0.3 is 0 Å². The second-order valence-corrected chi connectivity index (χ2v) is 6.29. The fourth-order valence-corrected chi connectivity index (χ4v) is 2.39. The highest BCUT2D eigenvalue weighted by atomic mass is 35.5. The summed E-state index contributed by atoms with van der Waals surface area (Å²) in [6, 6.07) is 10.4. The van der Waals surface area contributed by atoms with E-state index in [4.69, 9.17) is 39.5 Å². The monoisotopic (exact) mass is 371 g/mol. The number of benzene rings is 2. The minimum atomic E-state index is -0.134. The largest absolute Gasteiger partial charge is 0.494 e. The summed E-state index contributed by atoms with van der Waals surface area (Å²) < 4.78 is 5.60. The van der Waals surface area contributed by atoms with Crippen molar-refractivity contribution in [3.63, 3.8) is 0 Å². The number of nitrogens with one attached hydrogen (secondary N) is 1.